The quantitative estimate of drug-likeness (QED) is 0.121. The Bertz CT molecular complexity index is 2180. The fourth-order valence-corrected chi connectivity index (χ4v) is 7.72. The van der Waals surface area contributed by atoms with Crippen LogP contribution in [0.5, 0.6) is 0 Å². The zero-order valence-corrected chi connectivity index (χ0v) is 32.5. The van der Waals surface area contributed by atoms with E-state index >= 15 is 0 Å². The molecule has 0 N–H and O–H groups in total. The van der Waals surface area contributed by atoms with Gasteiger partial charge in [-0.15, -0.1) is 0 Å². The van der Waals surface area contributed by atoms with Crippen LogP contribution >= 0.6 is 0 Å². The summed E-state index contributed by atoms with van der Waals surface area (Å²) in [5.74, 6) is 0. The van der Waals surface area contributed by atoms with E-state index < -0.39 is 0 Å². The van der Waals surface area contributed by atoms with Crippen molar-refractivity contribution >= 4 is 44.6 Å². The lowest BCUT2D eigenvalue weighted by molar-refractivity contribution is -0.633. The van der Waals surface area contributed by atoms with Gasteiger partial charge in [0.15, 0.2) is 0 Å². The van der Waals surface area contributed by atoms with Gasteiger partial charge >= 0.3 is 0 Å². The number of rotatable bonds is 12. The van der Waals surface area contributed by atoms with Crippen molar-refractivity contribution in [2.75, 3.05) is 73.5 Å². The van der Waals surface area contributed by atoms with E-state index in [-0.39, 0.29) is 0 Å². The molecular formula is C45H56N6+2. The molecule has 2 heterocycles. The van der Waals surface area contributed by atoms with Crippen molar-refractivity contribution in [1.82, 2.24) is 0 Å². The second-order valence-electron chi connectivity index (χ2n) is 14.0. The molecule has 51 heavy (non-hydrogen) atoms. The van der Waals surface area contributed by atoms with Crippen LogP contribution < -0.4 is 28.7 Å². The lowest BCUT2D eigenvalue weighted by Gasteiger charge is -2.31. The molecule has 4 aromatic carbocycles. The van der Waals surface area contributed by atoms with E-state index in [0.29, 0.717) is 0 Å². The first-order valence-electron chi connectivity index (χ1n) is 18.5. The number of fused-ring (bicyclic) bond motifs is 2. The van der Waals surface area contributed by atoms with Crippen molar-refractivity contribution in [2.45, 2.75) is 34.6 Å². The van der Waals surface area contributed by atoms with Gasteiger partial charge in [-0.3, -0.25) is 0 Å². The highest BCUT2D eigenvalue weighted by molar-refractivity contribution is 5.83. The summed E-state index contributed by atoms with van der Waals surface area (Å²) < 4.78 is 4.68. The highest BCUT2D eigenvalue weighted by atomic mass is 15.2. The number of hydrogen-bond donors (Lipinski definition) is 0. The van der Waals surface area contributed by atoms with Crippen molar-refractivity contribution in [2.24, 2.45) is 14.1 Å². The average Bonchev–Trinajstić information content (AvgIpc) is 3.14. The topological polar surface area (TPSA) is 20.7 Å². The number of para-hydroxylation sites is 2. The molecule has 0 fully saturated rings. The summed E-state index contributed by atoms with van der Waals surface area (Å²) in [7, 11) is 10.9. The Morgan fingerprint density at radius 3 is 1.49 bits per heavy atom. The van der Waals surface area contributed by atoms with Crippen LogP contribution in [0, 0.1) is 13.8 Å². The maximum atomic E-state index is 2.54. The monoisotopic (exact) mass is 680 g/mol. The Kier molecular flexibility index (Phi) is 10.5. The van der Waals surface area contributed by atoms with Crippen molar-refractivity contribution in [3.63, 3.8) is 0 Å². The third-order valence-corrected chi connectivity index (χ3v) is 10.9. The Morgan fingerprint density at radius 1 is 0.510 bits per heavy atom. The van der Waals surface area contributed by atoms with Crippen LogP contribution in [0.2, 0.25) is 0 Å². The van der Waals surface area contributed by atoms with Gasteiger partial charge in [-0.2, -0.15) is 9.13 Å². The van der Waals surface area contributed by atoms with Crippen molar-refractivity contribution < 1.29 is 9.13 Å². The molecule has 0 spiro atoms. The van der Waals surface area contributed by atoms with Crippen LogP contribution in [-0.2, 0) is 14.1 Å². The summed E-state index contributed by atoms with van der Waals surface area (Å²) >= 11 is 0. The molecule has 0 amide bonds. The van der Waals surface area contributed by atoms with Crippen molar-refractivity contribution in [3.8, 4) is 22.5 Å². The highest BCUT2D eigenvalue weighted by Crippen LogP contribution is 2.37. The molecular weight excluding hydrogens is 625 g/mol. The number of hydrogen-bond acceptors (Lipinski definition) is 4. The van der Waals surface area contributed by atoms with Crippen LogP contribution in [0.3, 0.4) is 0 Å². The predicted molar refractivity (Wildman–Crippen MR) is 220 cm³/mol. The molecule has 0 unspecified atom stereocenters. The molecule has 6 rings (SSSR count). The van der Waals surface area contributed by atoms with Gasteiger partial charge in [-0.1, -0.05) is 24.3 Å². The van der Waals surface area contributed by atoms with E-state index in [9.17, 15) is 0 Å². The summed E-state index contributed by atoms with van der Waals surface area (Å²) in [5.41, 5.74) is 15.1. The second-order valence-corrected chi connectivity index (χ2v) is 14.0. The third-order valence-electron chi connectivity index (χ3n) is 10.9. The van der Waals surface area contributed by atoms with Gasteiger partial charge in [0.25, 0.3) is 0 Å². The maximum absolute atomic E-state index is 2.54. The van der Waals surface area contributed by atoms with Crippen LogP contribution in [0.15, 0.2) is 97.1 Å². The van der Waals surface area contributed by atoms with Gasteiger partial charge in [0.2, 0.25) is 22.4 Å². The Morgan fingerprint density at radius 2 is 0.980 bits per heavy atom. The van der Waals surface area contributed by atoms with Gasteiger partial charge in [0.05, 0.1) is 11.1 Å². The van der Waals surface area contributed by atoms with Gasteiger partial charge in [-0.05, 0) is 94.3 Å². The van der Waals surface area contributed by atoms with Crippen molar-refractivity contribution in [1.29, 1.82) is 0 Å². The van der Waals surface area contributed by atoms with Crippen LogP contribution in [0.1, 0.15) is 31.9 Å². The normalized spacial score (nSPS) is 11.3. The van der Waals surface area contributed by atoms with Crippen LogP contribution in [0.4, 0.5) is 22.7 Å². The number of anilines is 4. The molecule has 2 aromatic heterocycles. The highest BCUT2D eigenvalue weighted by Gasteiger charge is 2.23. The predicted octanol–water partition coefficient (Wildman–Crippen LogP) is 8.47. The third kappa shape index (κ3) is 6.84. The fraction of sp³-hybridized carbons (Fsp3) is 0.333. The molecule has 264 valence electrons. The van der Waals surface area contributed by atoms with Gasteiger partial charge < -0.3 is 19.6 Å². The van der Waals surface area contributed by atoms with Crippen LogP contribution in [-0.4, -0.2) is 53.9 Å². The molecule has 6 heteroatoms. The molecule has 0 radical (unpaired) electrons. The molecule has 0 saturated heterocycles. The SMILES string of the molecule is CCN(CCN(C)c1cc(N(C)C)cc(-c2ccc3ccccc3[n+]2C)c1C)c1cc(-c2ccc3ccccc3[n+]2C)c(C)c(N(CC)CC)c1. The summed E-state index contributed by atoms with van der Waals surface area (Å²) in [6.07, 6.45) is 0. The zero-order chi connectivity index (χ0) is 36.4. The molecule has 0 saturated carbocycles. The number of nitrogens with zero attached hydrogens (tertiary/aromatic N) is 6. The summed E-state index contributed by atoms with van der Waals surface area (Å²) in [4.78, 5) is 9.70. The van der Waals surface area contributed by atoms with Crippen molar-refractivity contribution in [3.05, 3.63) is 108 Å². The van der Waals surface area contributed by atoms with E-state index in [0.717, 1.165) is 32.7 Å². The smallest absolute Gasteiger partial charge is 0.213 e. The van der Waals surface area contributed by atoms with Gasteiger partial charge in [0, 0.05) is 112 Å². The number of aromatic nitrogens is 2. The van der Waals surface area contributed by atoms with E-state index in [1.54, 1.807) is 0 Å². The zero-order valence-electron chi connectivity index (χ0n) is 32.5. The minimum Gasteiger partial charge on any atom is -0.378 e. The van der Waals surface area contributed by atoms with E-state index in [2.05, 4.69) is 196 Å². The summed E-state index contributed by atoms with van der Waals surface area (Å²) in [5, 5.41) is 2.51. The second kappa shape index (κ2) is 15.0. The lowest BCUT2D eigenvalue weighted by Crippen LogP contribution is -2.35. The average molecular weight is 681 g/mol. The molecule has 0 atom stereocenters. The minimum absolute atomic E-state index is 0.891. The number of aryl methyl sites for hydroxylation is 2. The Hall–Kier alpha value is -5.10. The fourth-order valence-electron chi connectivity index (χ4n) is 7.72. The first-order chi connectivity index (χ1) is 24.6. The molecule has 6 aromatic rings. The van der Waals surface area contributed by atoms with E-state index in [4.69, 9.17) is 0 Å². The largest absolute Gasteiger partial charge is 0.378 e. The van der Waals surface area contributed by atoms with Crippen LogP contribution in [0.25, 0.3) is 44.3 Å². The van der Waals surface area contributed by atoms with E-state index in [1.165, 1.54) is 78.2 Å². The minimum atomic E-state index is 0.891. The standard InChI is InChI=1S/C45H56N6/c1-11-50(12-2)45-31-37(29-39(33(45)5)43-25-23-35-19-15-17-21-41(35)49(43)10)51(13-3)27-26-47(8)44-30-36(46(6)7)28-38(32(44)4)42-24-22-34-18-14-16-20-40(34)48(42)9/h14-25,28-31H,11-13,26-27H2,1-10H3/q+2. The summed E-state index contributed by atoms with van der Waals surface area (Å²) in [6.45, 7) is 16.0. The van der Waals surface area contributed by atoms with E-state index in [1.807, 2.05) is 0 Å². The summed E-state index contributed by atoms with van der Waals surface area (Å²) in [6, 6.07) is 35.9. The Balaban J connectivity index is 1.37. The molecule has 0 bridgehead atoms. The first-order valence-corrected chi connectivity index (χ1v) is 18.5. The Labute approximate surface area is 305 Å². The molecule has 6 nitrogen and oxygen atoms in total. The van der Waals surface area contributed by atoms with Gasteiger partial charge in [0.1, 0.15) is 14.1 Å². The first kappa shape index (κ1) is 35.7. The molecule has 0 aliphatic heterocycles. The number of benzene rings is 4. The molecule has 0 aliphatic carbocycles. The van der Waals surface area contributed by atoms with Gasteiger partial charge in [-0.25, -0.2) is 0 Å². The maximum Gasteiger partial charge on any atom is 0.213 e. The number of likely N-dealkylation sites (N-methyl/N-ethyl adjacent to an activating group) is 2. The lowest BCUT2D eigenvalue weighted by atomic mass is 9.99. The number of pyridine rings is 2. The molecule has 0 aliphatic rings.